The fourth-order valence-corrected chi connectivity index (χ4v) is 0.697. The van der Waals surface area contributed by atoms with Crippen LogP contribution >= 0.6 is 0 Å². The second-order valence-corrected chi connectivity index (χ2v) is 2.29. The molecule has 0 rings (SSSR count). The first-order valence-corrected chi connectivity index (χ1v) is 3.39. The zero-order valence-electron chi connectivity index (χ0n) is 6.63. The first kappa shape index (κ1) is 9.43. The largest absolute Gasteiger partial charge is 0.469 e. The van der Waals surface area contributed by atoms with Crippen molar-refractivity contribution in [1.29, 1.82) is 0 Å². The number of carbonyl (C=O) groups excluding carboxylic acids is 1. The van der Waals surface area contributed by atoms with Crippen LogP contribution in [0.2, 0.25) is 0 Å². The molecular weight excluding hydrogens is 132 g/mol. The molecule has 0 aliphatic heterocycles. The van der Waals surface area contributed by atoms with Crippen LogP contribution in [0.15, 0.2) is 0 Å². The summed E-state index contributed by atoms with van der Waals surface area (Å²) in [6.07, 6.45) is 0.00319. The Hall–Kier alpha value is -0.570. The third kappa shape index (κ3) is 2.35. The number of aliphatic hydroxyl groups excluding tert-OH is 1. The number of ether oxygens (including phenoxy) is 1. The number of methoxy groups -OCH3 is 1. The third-order valence-corrected chi connectivity index (χ3v) is 1.57. The highest BCUT2D eigenvalue weighted by molar-refractivity contribution is 5.72. The molecule has 0 heterocycles. The van der Waals surface area contributed by atoms with Gasteiger partial charge in [-0.15, -0.1) is 0 Å². The molecule has 3 nitrogen and oxygen atoms in total. The lowest BCUT2D eigenvalue weighted by molar-refractivity contribution is -0.148. The normalized spacial score (nSPS) is 16.0. The number of rotatable bonds is 3. The van der Waals surface area contributed by atoms with Gasteiger partial charge in [-0.25, -0.2) is 0 Å². The quantitative estimate of drug-likeness (QED) is 0.592. The molecule has 0 aliphatic carbocycles. The van der Waals surface area contributed by atoms with E-state index in [9.17, 15) is 4.79 Å². The second kappa shape index (κ2) is 4.28. The predicted octanol–water partition coefficient (Wildman–Crippen LogP) is 0.566. The SMILES string of the molecule is CC[C@H](O)C(C)C(=O)OC. The third-order valence-electron chi connectivity index (χ3n) is 1.57. The minimum atomic E-state index is -0.576. The van der Waals surface area contributed by atoms with Crippen molar-refractivity contribution in [2.24, 2.45) is 5.92 Å². The summed E-state index contributed by atoms with van der Waals surface area (Å²) in [6, 6.07) is 0. The summed E-state index contributed by atoms with van der Waals surface area (Å²) in [4.78, 5) is 10.7. The van der Waals surface area contributed by atoms with E-state index in [1.165, 1.54) is 7.11 Å². The molecule has 2 atom stereocenters. The first-order chi connectivity index (χ1) is 4.63. The molecule has 3 heteroatoms. The van der Waals surface area contributed by atoms with Crippen LogP contribution in [0, 0.1) is 5.92 Å². The maximum Gasteiger partial charge on any atom is 0.311 e. The van der Waals surface area contributed by atoms with E-state index in [0.29, 0.717) is 6.42 Å². The van der Waals surface area contributed by atoms with Crippen LogP contribution in [0.1, 0.15) is 20.3 Å². The van der Waals surface area contributed by atoms with Crippen LogP contribution in [0.25, 0.3) is 0 Å². The van der Waals surface area contributed by atoms with Crippen molar-refractivity contribution in [1.82, 2.24) is 0 Å². The van der Waals surface area contributed by atoms with Crippen LogP contribution in [0.5, 0.6) is 0 Å². The van der Waals surface area contributed by atoms with Crippen LogP contribution in [-0.2, 0) is 9.53 Å². The standard InChI is InChI=1S/C7H14O3/c1-4-6(8)5(2)7(9)10-3/h5-6,8H,4H2,1-3H3/t5?,6-/m0/s1. The van der Waals surface area contributed by atoms with Gasteiger partial charge >= 0.3 is 5.97 Å². The highest BCUT2D eigenvalue weighted by Gasteiger charge is 2.20. The van der Waals surface area contributed by atoms with E-state index in [2.05, 4.69) is 4.74 Å². The fourth-order valence-electron chi connectivity index (χ4n) is 0.697. The topological polar surface area (TPSA) is 46.5 Å². The van der Waals surface area contributed by atoms with Gasteiger partial charge in [-0.1, -0.05) is 6.92 Å². The van der Waals surface area contributed by atoms with Gasteiger partial charge in [-0.3, -0.25) is 4.79 Å². The summed E-state index contributed by atoms with van der Waals surface area (Å²) in [5.41, 5.74) is 0. The van der Waals surface area contributed by atoms with Gasteiger partial charge in [0.05, 0.1) is 19.1 Å². The number of hydrogen-bond donors (Lipinski definition) is 1. The molecule has 0 bridgehead atoms. The molecule has 0 aromatic carbocycles. The molecule has 0 aromatic heterocycles. The second-order valence-electron chi connectivity index (χ2n) is 2.29. The lowest BCUT2D eigenvalue weighted by Crippen LogP contribution is -2.25. The summed E-state index contributed by atoms with van der Waals surface area (Å²) in [5.74, 6) is -0.760. The van der Waals surface area contributed by atoms with Gasteiger partial charge in [0.2, 0.25) is 0 Å². The molecule has 10 heavy (non-hydrogen) atoms. The Morgan fingerprint density at radius 2 is 2.20 bits per heavy atom. The Morgan fingerprint density at radius 3 is 2.50 bits per heavy atom. The van der Waals surface area contributed by atoms with E-state index in [1.807, 2.05) is 6.92 Å². The van der Waals surface area contributed by atoms with Crippen LogP contribution in [0.3, 0.4) is 0 Å². The zero-order valence-corrected chi connectivity index (χ0v) is 6.63. The number of hydrogen-bond acceptors (Lipinski definition) is 3. The van der Waals surface area contributed by atoms with Gasteiger partial charge in [0.25, 0.3) is 0 Å². The van der Waals surface area contributed by atoms with Crippen molar-refractivity contribution >= 4 is 5.97 Å². The Balaban J connectivity index is 3.81. The molecule has 0 radical (unpaired) electrons. The van der Waals surface area contributed by atoms with Crippen molar-refractivity contribution in [2.75, 3.05) is 7.11 Å². The maximum absolute atomic E-state index is 10.7. The van der Waals surface area contributed by atoms with Gasteiger partial charge in [0.15, 0.2) is 0 Å². The summed E-state index contributed by atoms with van der Waals surface area (Å²) >= 11 is 0. The van der Waals surface area contributed by atoms with Crippen LogP contribution < -0.4 is 0 Å². The zero-order chi connectivity index (χ0) is 8.15. The van der Waals surface area contributed by atoms with Crippen LogP contribution in [-0.4, -0.2) is 24.3 Å². The molecule has 0 aromatic rings. The Bertz CT molecular complexity index is 111. The average Bonchev–Trinajstić information content (AvgIpc) is 2.00. The van der Waals surface area contributed by atoms with Crippen LogP contribution in [0.4, 0.5) is 0 Å². The molecule has 0 spiro atoms. The van der Waals surface area contributed by atoms with Gasteiger partial charge in [0.1, 0.15) is 0 Å². The summed E-state index contributed by atoms with van der Waals surface area (Å²) < 4.78 is 4.44. The average molecular weight is 146 g/mol. The Morgan fingerprint density at radius 1 is 1.70 bits per heavy atom. The van der Waals surface area contributed by atoms with Gasteiger partial charge in [-0.2, -0.15) is 0 Å². The monoisotopic (exact) mass is 146 g/mol. The van der Waals surface area contributed by atoms with E-state index < -0.39 is 12.0 Å². The summed E-state index contributed by atoms with van der Waals surface area (Å²) in [6.45, 7) is 3.48. The summed E-state index contributed by atoms with van der Waals surface area (Å²) in [5, 5.41) is 9.13. The smallest absolute Gasteiger partial charge is 0.311 e. The number of esters is 1. The van der Waals surface area contributed by atoms with E-state index in [-0.39, 0.29) is 5.97 Å². The highest BCUT2D eigenvalue weighted by atomic mass is 16.5. The molecule has 60 valence electrons. The molecule has 0 saturated heterocycles. The molecular formula is C7H14O3. The maximum atomic E-state index is 10.7. The Labute approximate surface area is 61.0 Å². The molecule has 0 aliphatic rings. The highest BCUT2D eigenvalue weighted by Crippen LogP contribution is 2.07. The van der Waals surface area contributed by atoms with Gasteiger partial charge < -0.3 is 9.84 Å². The van der Waals surface area contributed by atoms with E-state index in [1.54, 1.807) is 6.92 Å². The summed E-state index contributed by atoms with van der Waals surface area (Å²) in [7, 11) is 1.32. The molecule has 0 saturated carbocycles. The molecule has 1 unspecified atom stereocenters. The van der Waals surface area contributed by atoms with Gasteiger partial charge in [0, 0.05) is 0 Å². The lowest BCUT2D eigenvalue weighted by Gasteiger charge is -2.13. The minimum absolute atomic E-state index is 0.352. The first-order valence-electron chi connectivity index (χ1n) is 3.39. The predicted molar refractivity (Wildman–Crippen MR) is 37.5 cm³/mol. The van der Waals surface area contributed by atoms with E-state index in [4.69, 9.17) is 5.11 Å². The van der Waals surface area contributed by atoms with E-state index >= 15 is 0 Å². The lowest BCUT2D eigenvalue weighted by atomic mass is 10.0. The minimum Gasteiger partial charge on any atom is -0.469 e. The molecule has 1 N–H and O–H groups in total. The van der Waals surface area contributed by atoms with Crippen molar-refractivity contribution in [3.8, 4) is 0 Å². The van der Waals surface area contributed by atoms with Crippen molar-refractivity contribution in [3.05, 3.63) is 0 Å². The number of aliphatic hydroxyl groups is 1. The Kier molecular flexibility index (Phi) is 4.03. The van der Waals surface area contributed by atoms with Gasteiger partial charge in [-0.05, 0) is 13.3 Å². The number of carbonyl (C=O) groups is 1. The molecule has 0 amide bonds. The van der Waals surface area contributed by atoms with Crippen molar-refractivity contribution in [2.45, 2.75) is 26.4 Å². The van der Waals surface area contributed by atoms with Crippen molar-refractivity contribution < 1.29 is 14.6 Å². The molecule has 0 fully saturated rings. The van der Waals surface area contributed by atoms with E-state index in [0.717, 1.165) is 0 Å². The fraction of sp³-hybridized carbons (Fsp3) is 0.857. The van der Waals surface area contributed by atoms with Crippen molar-refractivity contribution in [3.63, 3.8) is 0 Å².